The van der Waals surface area contributed by atoms with Crippen LogP contribution in [-0.2, 0) is 16.0 Å². The van der Waals surface area contributed by atoms with Gasteiger partial charge in [0.2, 0.25) is 0 Å². The Morgan fingerprint density at radius 1 is 1.40 bits per heavy atom. The number of aliphatic hydroxyl groups is 1. The molecule has 0 radical (unpaired) electrons. The molecule has 164 valence electrons. The lowest BCUT2D eigenvalue weighted by Gasteiger charge is -2.28. The smallest absolute Gasteiger partial charge is 0.337 e. The summed E-state index contributed by atoms with van der Waals surface area (Å²) < 4.78 is 5.35. The molecule has 0 saturated heterocycles. The first-order chi connectivity index (χ1) is 14.3. The molecule has 1 heterocycles. The Kier molecular flexibility index (Phi) is 8.55. The zero-order chi connectivity index (χ0) is 22.3. The van der Waals surface area contributed by atoms with Gasteiger partial charge in [-0.1, -0.05) is 13.0 Å². The predicted octanol–water partition coefficient (Wildman–Crippen LogP) is 2.03. The number of rotatable bonds is 10. The predicted molar refractivity (Wildman–Crippen MR) is 118 cm³/mol. The lowest BCUT2D eigenvalue weighted by Crippen LogP contribution is -2.51. The summed E-state index contributed by atoms with van der Waals surface area (Å²) in [5, 5.41) is 27.1. The minimum atomic E-state index is -0.634. The van der Waals surface area contributed by atoms with Crippen molar-refractivity contribution >= 4 is 34.7 Å². The van der Waals surface area contributed by atoms with E-state index in [-0.39, 0.29) is 29.4 Å². The van der Waals surface area contributed by atoms with Gasteiger partial charge in [0.15, 0.2) is 5.11 Å². The summed E-state index contributed by atoms with van der Waals surface area (Å²) in [7, 11) is 0. The second-order valence-corrected chi connectivity index (χ2v) is 7.33. The summed E-state index contributed by atoms with van der Waals surface area (Å²) in [6, 6.07) is 4.46. The van der Waals surface area contributed by atoms with Gasteiger partial charge >= 0.3 is 5.97 Å². The number of nitro benzene ring substituents is 1. The van der Waals surface area contributed by atoms with Gasteiger partial charge in [-0.2, -0.15) is 0 Å². The molecule has 1 aromatic carbocycles. The van der Waals surface area contributed by atoms with E-state index in [0.717, 1.165) is 13.0 Å². The number of carbonyl (C=O) groups excluding carboxylic acids is 1. The highest BCUT2D eigenvalue weighted by Crippen LogP contribution is 2.29. The molecule has 0 aromatic heterocycles. The number of hydrogen-bond donors (Lipinski definition) is 3. The monoisotopic (exact) mass is 436 g/mol. The average Bonchev–Trinajstić information content (AvgIpc) is 2.71. The number of benzene rings is 1. The lowest BCUT2D eigenvalue weighted by molar-refractivity contribution is -0.384. The highest BCUT2D eigenvalue weighted by Gasteiger charge is 2.29. The molecule has 0 saturated carbocycles. The maximum absolute atomic E-state index is 12.5. The zero-order valence-corrected chi connectivity index (χ0v) is 18.3. The van der Waals surface area contributed by atoms with Gasteiger partial charge in [-0.05, 0) is 44.1 Å². The molecule has 1 aliphatic heterocycles. The highest BCUT2D eigenvalue weighted by atomic mass is 32.1. The van der Waals surface area contributed by atoms with E-state index in [4.69, 9.17) is 17.0 Å². The first-order valence-corrected chi connectivity index (χ1v) is 10.3. The third kappa shape index (κ3) is 5.67. The Morgan fingerprint density at radius 2 is 2.13 bits per heavy atom. The van der Waals surface area contributed by atoms with Crippen LogP contribution in [0, 0.1) is 10.1 Å². The van der Waals surface area contributed by atoms with Crippen molar-refractivity contribution in [2.75, 3.05) is 31.2 Å². The number of nitro groups is 1. The fourth-order valence-electron chi connectivity index (χ4n) is 3.39. The molecule has 1 atom stereocenters. The fraction of sp³-hybridized carbons (Fsp3) is 0.500. The summed E-state index contributed by atoms with van der Waals surface area (Å²) in [5.41, 5.74) is 2.15. The number of esters is 1. The van der Waals surface area contributed by atoms with Crippen molar-refractivity contribution in [3.63, 3.8) is 0 Å². The lowest BCUT2D eigenvalue weighted by atomic mass is 10.0. The van der Waals surface area contributed by atoms with Crippen LogP contribution in [-0.4, -0.2) is 53.5 Å². The van der Waals surface area contributed by atoms with Gasteiger partial charge in [0.1, 0.15) is 5.69 Å². The number of ether oxygens (including phenoxy) is 1. The van der Waals surface area contributed by atoms with Crippen LogP contribution in [0.4, 0.5) is 11.4 Å². The van der Waals surface area contributed by atoms with Crippen molar-refractivity contribution in [1.82, 2.24) is 10.6 Å². The molecule has 0 amide bonds. The summed E-state index contributed by atoms with van der Waals surface area (Å²) >= 11 is 5.03. The van der Waals surface area contributed by atoms with Crippen molar-refractivity contribution in [1.29, 1.82) is 0 Å². The van der Waals surface area contributed by atoms with E-state index in [0.29, 0.717) is 35.0 Å². The number of thiocarbonyl (C=S) groups is 1. The Morgan fingerprint density at radius 3 is 2.73 bits per heavy atom. The number of allylic oxidation sites excluding steroid dienone is 1. The van der Waals surface area contributed by atoms with Gasteiger partial charge in [-0.25, -0.2) is 4.79 Å². The van der Waals surface area contributed by atoms with Crippen molar-refractivity contribution in [2.45, 2.75) is 39.7 Å². The highest BCUT2D eigenvalue weighted by molar-refractivity contribution is 7.80. The molecule has 0 spiro atoms. The number of nitrogens with one attached hydrogen (secondary N) is 2. The van der Waals surface area contributed by atoms with E-state index in [1.165, 1.54) is 6.07 Å². The van der Waals surface area contributed by atoms with E-state index >= 15 is 0 Å². The molecule has 1 aliphatic rings. The van der Waals surface area contributed by atoms with Crippen LogP contribution >= 0.6 is 12.2 Å². The number of aliphatic hydroxyl groups excluding tert-OH is 1. The Labute approximate surface area is 181 Å². The van der Waals surface area contributed by atoms with Crippen molar-refractivity contribution in [3.05, 3.63) is 45.1 Å². The maximum Gasteiger partial charge on any atom is 0.337 e. The number of anilines is 1. The van der Waals surface area contributed by atoms with Gasteiger partial charge in [0, 0.05) is 31.3 Å². The molecule has 9 nitrogen and oxygen atoms in total. The fourth-order valence-corrected chi connectivity index (χ4v) is 3.69. The van der Waals surface area contributed by atoms with E-state index in [1.54, 1.807) is 13.0 Å². The molecule has 0 bridgehead atoms. The summed E-state index contributed by atoms with van der Waals surface area (Å²) in [6.07, 6.45) is 1.23. The molecule has 0 aliphatic carbocycles. The van der Waals surface area contributed by atoms with Gasteiger partial charge in [-0.15, -0.1) is 0 Å². The second-order valence-electron chi connectivity index (χ2n) is 6.92. The van der Waals surface area contributed by atoms with Gasteiger partial charge in [0.25, 0.3) is 5.69 Å². The number of hydrogen-bond acceptors (Lipinski definition) is 7. The molecular formula is C20H28N4O5S. The first kappa shape index (κ1) is 23.6. The quantitative estimate of drug-likeness (QED) is 0.219. The summed E-state index contributed by atoms with van der Waals surface area (Å²) in [4.78, 5) is 25.6. The van der Waals surface area contributed by atoms with E-state index < -0.39 is 12.0 Å². The topological polar surface area (TPSA) is 117 Å². The van der Waals surface area contributed by atoms with Gasteiger partial charge in [0.05, 0.1) is 29.8 Å². The van der Waals surface area contributed by atoms with Crippen LogP contribution < -0.4 is 15.5 Å². The third-order valence-electron chi connectivity index (χ3n) is 4.84. The SMILES string of the molecule is CCCN(CC)c1ccc(CCOC(=O)C2=C(C)NC(=S)NC2CO)cc1[N+](=O)[O-]. The van der Waals surface area contributed by atoms with Crippen LogP contribution in [0.2, 0.25) is 0 Å². The van der Waals surface area contributed by atoms with Crippen LogP contribution in [0.25, 0.3) is 0 Å². The molecule has 2 rings (SSSR count). The molecule has 1 unspecified atom stereocenters. The molecule has 0 fully saturated rings. The molecule has 10 heteroatoms. The van der Waals surface area contributed by atoms with Crippen LogP contribution in [0.3, 0.4) is 0 Å². The normalized spacial score (nSPS) is 16.0. The first-order valence-electron chi connectivity index (χ1n) is 9.90. The van der Waals surface area contributed by atoms with Crippen LogP contribution in [0.15, 0.2) is 29.5 Å². The Hall–Kier alpha value is -2.72. The minimum absolute atomic E-state index is 0.0437. The van der Waals surface area contributed by atoms with Crippen LogP contribution in [0.5, 0.6) is 0 Å². The zero-order valence-electron chi connectivity index (χ0n) is 17.4. The largest absolute Gasteiger partial charge is 0.462 e. The van der Waals surface area contributed by atoms with E-state index in [1.807, 2.05) is 24.8 Å². The molecule has 30 heavy (non-hydrogen) atoms. The Balaban J connectivity index is 2.08. The summed E-state index contributed by atoms with van der Waals surface area (Å²) in [6.45, 7) is 6.84. The Bertz CT molecular complexity index is 842. The summed E-state index contributed by atoms with van der Waals surface area (Å²) in [5.74, 6) is -0.569. The van der Waals surface area contributed by atoms with Crippen molar-refractivity contribution in [2.24, 2.45) is 0 Å². The molecule has 3 N–H and O–H groups in total. The minimum Gasteiger partial charge on any atom is -0.462 e. The second kappa shape index (κ2) is 10.9. The van der Waals surface area contributed by atoms with Crippen LogP contribution in [0.1, 0.15) is 32.8 Å². The number of nitrogens with zero attached hydrogens (tertiary/aromatic N) is 2. The number of carbonyl (C=O) groups is 1. The van der Waals surface area contributed by atoms with Gasteiger partial charge in [-0.3, -0.25) is 10.1 Å². The molecule has 1 aromatic rings. The van der Waals surface area contributed by atoms with E-state index in [9.17, 15) is 20.0 Å². The molecular weight excluding hydrogens is 408 g/mol. The third-order valence-corrected chi connectivity index (χ3v) is 5.06. The van der Waals surface area contributed by atoms with Crippen molar-refractivity contribution in [3.8, 4) is 0 Å². The standard InChI is InChI=1S/C20H28N4O5S/c1-4-9-23(5-2)16-7-6-14(11-17(16)24(27)28)8-10-29-19(26)18-13(3)21-20(30)22-15(18)12-25/h6-7,11,15,25H,4-5,8-10,12H2,1-3H3,(H2,21,22,30). The average molecular weight is 437 g/mol. The van der Waals surface area contributed by atoms with E-state index in [2.05, 4.69) is 10.6 Å². The maximum atomic E-state index is 12.5. The van der Waals surface area contributed by atoms with Crippen molar-refractivity contribution < 1.29 is 19.6 Å². The van der Waals surface area contributed by atoms with Gasteiger partial charge < -0.3 is 25.4 Å².